The van der Waals surface area contributed by atoms with Gasteiger partial charge in [0.05, 0.1) is 5.54 Å². The fourth-order valence-electron chi connectivity index (χ4n) is 2.65. The van der Waals surface area contributed by atoms with Crippen LogP contribution in [0.15, 0.2) is 59.1 Å². The van der Waals surface area contributed by atoms with Gasteiger partial charge in [0.2, 0.25) is 0 Å². The zero-order valence-electron chi connectivity index (χ0n) is 14.8. The molecule has 0 saturated heterocycles. The predicted octanol–water partition coefficient (Wildman–Crippen LogP) is 4.23. The lowest BCUT2D eigenvalue weighted by Crippen LogP contribution is -2.55. The molecule has 2 aromatic rings. The first-order valence-electron chi connectivity index (χ1n) is 8.33. The van der Waals surface area contributed by atoms with E-state index in [0.717, 1.165) is 0 Å². The lowest BCUT2D eigenvalue weighted by molar-refractivity contribution is -0.210. The molecule has 0 aliphatic rings. The van der Waals surface area contributed by atoms with Crippen molar-refractivity contribution in [2.45, 2.75) is 24.2 Å². The van der Waals surface area contributed by atoms with Crippen LogP contribution in [0, 0.1) is 0 Å². The zero-order chi connectivity index (χ0) is 21.7. The second kappa shape index (κ2) is 9.64. The summed E-state index contributed by atoms with van der Waals surface area (Å²) in [6.45, 7) is -1.32. The number of carbonyl (C=O) groups excluding carboxylic acids is 1. The van der Waals surface area contributed by atoms with Crippen molar-refractivity contribution < 1.29 is 27.5 Å². The van der Waals surface area contributed by atoms with Crippen LogP contribution in [0.1, 0.15) is 22.3 Å². The summed E-state index contributed by atoms with van der Waals surface area (Å²) >= 11 is 8.23. The molecular formula is C19H17BrF4N2O2S. The Morgan fingerprint density at radius 2 is 1.79 bits per heavy atom. The smallest absolute Gasteiger partial charge is 0.384 e. The molecule has 29 heavy (non-hydrogen) atoms. The van der Waals surface area contributed by atoms with Crippen LogP contribution in [0.4, 0.5) is 17.6 Å². The van der Waals surface area contributed by atoms with Crippen molar-refractivity contribution >= 4 is 39.2 Å². The first kappa shape index (κ1) is 23.2. The van der Waals surface area contributed by atoms with Crippen LogP contribution in [-0.4, -0.2) is 35.1 Å². The second-order valence-electron chi connectivity index (χ2n) is 6.26. The number of rotatable bonds is 6. The maximum absolute atomic E-state index is 14.2. The van der Waals surface area contributed by atoms with E-state index in [-0.39, 0.29) is 16.2 Å². The topological polar surface area (TPSA) is 61.4 Å². The molecule has 0 fully saturated rings. The lowest BCUT2D eigenvalue weighted by atomic mass is 9.85. The number of nitrogens with one attached hydrogen (secondary N) is 2. The molecule has 1 unspecified atom stereocenters. The molecule has 0 bridgehead atoms. The summed E-state index contributed by atoms with van der Waals surface area (Å²) < 4.78 is 53.6. The molecule has 0 aliphatic heterocycles. The Morgan fingerprint density at radius 3 is 2.34 bits per heavy atom. The van der Waals surface area contributed by atoms with E-state index >= 15 is 0 Å². The number of thiocarbonyl (C=S) groups is 1. The Bertz CT molecular complexity index is 867. The minimum absolute atomic E-state index is 0.119. The van der Waals surface area contributed by atoms with Crippen molar-refractivity contribution in [2.75, 3.05) is 6.67 Å². The fraction of sp³-hybridized carbons (Fsp3) is 0.263. The molecule has 0 aromatic heterocycles. The van der Waals surface area contributed by atoms with Crippen LogP contribution < -0.4 is 10.6 Å². The molecule has 0 heterocycles. The summed E-state index contributed by atoms with van der Waals surface area (Å²) in [6, 6.07) is 13.9. The largest absolute Gasteiger partial charge is 0.414 e. The Labute approximate surface area is 178 Å². The average molecular weight is 493 g/mol. The molecule has 2 aromatic carbocycles. The SMILES string of the molecule is O=C(NC(=S)NC(CF)(C[C@H](O)C(F)(F)F)c1cccc(Br)c1)c1ccccc1. The summed E-state index contributed by atoms with van der Waals surface area (Å²) in [5.41, 5.74) is -1.63. The molecule has 0 radical (unpaired) electrons. The molecule has 2 rings (SSSR count). The van der Waals surface area contributed by atoms with Gasteiger partial charge in [0.15, 0.2) is 11.2 Å². The van der Waals surface area contributed by atoms with Gasteiger partial charge in [-0.1, -0.05) is 46.3 Å². The monoisotopic (exact) mass is 492 g/mol. The van der Waals surface area contributed by atoms with Crippen LogP contribution >= 0.6 is 28.1 Å². The quantitative estimate of drug-likeness (QED) is 0.417. The van der Waals surface area contributed by atoms with Crippen molar-refractivity contribution in [1.29, 1.82) is 0 Å². The number of hydrogen-bond donors (Lipinski definition) is 3. The maximum Gasteiger partial charge on any atom is 0.414 e. The van der Waals surface area contributed by atoms with E-state index in [1.54, 1.807) is 24.3 Å². The molecule has 0 aliphatic carbocycles. The standard InChI is InChI=1S/C19H17BrF4N2O2S/c20-14-8-4-7-13(9-14)18(11-21,10-15(27)19(22,23)24)26-17(29)25-16(28)12-5-2-1-3-6-12/h1-9,15,27H,10-11H2,(H2,25,26,28,29)/t15-,18?/m0/s1. The van der Waals surface area contributed by atoms with Crippen LogP contribution in [-0.2, 0) is 5.54 Å². The molecule has 4 nitrogen and oxygen atoms in total. The van der Waals surface area contributed by atoms with E-state index < -0.39 is 36.8 Å². The third kappa shape index (κ3) is 6.22. The number of amides is 1. The summed E-state index contributed by atoms with van der Waals surface area (Å²) in [7, 11) is 0. The van der Waals surface area contributed by atoms with Gasteiger partial charge in [-0.25, -0.2) is 4.39 Å². The van der Waals surface area contributed by atoms with Gasteiger partial charge in [0.25, 0.3) is 5.91 Å². The number of carbonyl (C=O) groups is 1. The van der Waals surface area contributed by atoms with Gasteiger partial charge < -0.3 is 10.4 Å². The molecule has 0 spiro atoms. The van der Waals surface area contributed by atoms with Gasteiger partial charge in [0, 0.05) is 16.5 Å². The predicted molar refractivity (Wildman–Crippen MR) is 108 cm³/mol. The molecule has 0 saturated carbocycles. The average Bonchev–Trinajstić information content (AvgIpc) is 2.67. The highest BCUT2D eigenvalue weighted by Gasteiger charge is 2.46. The third-order valence-electron chi connectivity index (χ3n) is 4.14. The highest BCUT2D eigenvalue weighted by atomic mass is 79.9. The van der Waals surface area contributed by atoms with Gasteiger partial charge in [-0.3, -0.25) is 10.1 Å². The minimum atomic E-state index is -4.96. The van der Waals surface area contributed by atoms with Gasteiger partial charge in [0.1, 0.15) is 6.67 Å². The van der Waals surface area contributed by atoms with Crippen LogP contribution in [0.25, 0.3) is 0 Å². The van der Waals surface area contributed by atoms with E-state index in [2.05, 4.69) is 26.6 Å². The minimum Gasteiger partial charge on any atom is -0.384 e. The first-order chi connectivity index (χ1) is 13.6. The van der Waals surface area contributed by atoms with Crippen molar-refractivity contribution in [3.05, 3.63) is 70.2 Å². The van der Waals surface area contributed by atoms with Crippen molar-refractivity contribution in [3.63, 3.8) is 0 Å². The molecule has 2 atom stereocenters. The van der Waals surface area contributed by atoms with Gasteiger partial charge in [-0.2, -0.15) is 13.2 Å². The van der Waals surface area contributed by atoms with E-state index in [4.69, 9.17) is 12.2 Å². The number of hydrogen-bond acceptors (Lipinski definition) is 3. The van der Waals surface area contributed by atoms with E-state index in [1.165, 1.54) is 30.3 Å². The number of halogens is 5. The number of aliphatic hydroxyl groups is 1. The summed E-state index contributed by atoms with van der Waals surface area (Å²) in [5.74, 6) is -0.610. The Morgan fingerprint density at radius 1 is 1.14 bits per heavy atom. The lowest BCUT2D eigenvalue weighted by Gasteiger charge is -2.36. The Kier molecular flexibility index (Phi) is 7.73. The molecular weight excluding hydrogens is 476 g/mol. The number of aliphatic hydroxyl groups excluding tert-OH is 1. The second-order valence-corrected chi connectivity index (χ2v) is 7.59. The number of alkyl halides is 4. The molecule has 3 N–H and O–H groups in total. The van der Waals surface area contributed by atoms with Gasteiger partial charge >= 0.3 is 6.18 Å². The van der Waals surface area contributed by atoms with Crippen LogP contribution in [0.3, 0.4) is 0 Å². The Balaban J connectivity index is 2.31. The van der Waals surface area contributed by atoms with Gasteiger partial charge in [-0.05, 0) is 42.0 Å². The van der Waals surface area contributed by atoms with Crippen LogP contribution in [0.2, 0.25) is 0 Å². The number of benzene rings is 2. The molecule has 1 amide bonds. The van der Waals surface area contributed by atoms with Crippen LogP contribution in [0.5, 0.6) is 0 Å². The normalized spacial score (nSPS) is 14.6. The van der Waals surface area contributed by atoms with E-state index in [0.29, 0.717) is 4.47 Å². The molecule has 10 heteroatoms. The highest BCUT2D eigenvalue weighted by Crippen LogP contribution is 2.34. The molecule has 156 valence electrons. The van der Waals surface area contributed by atoms with E-state index in [9.17, 15) is 27.5 Å². The maximum atomic E-state index is 14.2. The third-order valence-corrected chi connectivity index (χ3v) is 4.84. The van der Waals surface area contributed by atoms with Crippen molar-refractivity contribution in [2.24, 2.45) is 0 Å². The summed E-state index contributed by atoms with van der Waals surface area (Å²) in [6.07, 6.45) is -8.81. The first-order valence-corrected chi connectivity index (χ1v) is 9.53. The zero-order valence-corrected chi connectivity index (χ0v) is 17.2. The Hall–Kier alpha value is -2.04. The van der Waals surface area contributed by atoms with Crippen molar-refractivity contribution in [3.8, 4) is 0 Å². The fourth-order valence-corrected chi connectivity index (χ4v) is 3.34. The van der Waals surface area contributed by atoms with Crippen molar-refractivity contribution in [1.82, 2.24) is 10.6 Å². The van der Waals surface area contributed by atoms with E-state index in [1.807, 2.05) is 0 Å². The highest BCUT2D eigenvalue weighted by molar-refractivity contribution is 9.10. The van der Waals surface area contributed by atoms with Gasteiger partial charge in [-0.15, -0.1) is 0 Å². The summed E-state index contributed by atoms with van der Waals surface area (Å²) in [5, 5.41) is 14.0. The summed E-state index contributed by atoms with van der Waals surface area (Å²) in [4.78, 5) is 12.2.